The molecule has 1 fully saturated rings. The third-order valence-corrected chi connectivity index (χ3v) is 11.1. The molecule has 2 heterocycles. The van der Waals surface area contributed by atoms with Crippen molar-refractivity contribution in [2.24, 2.45) is 0 Å². The molecule has 6 aromatic rings. The molecule has 272 valence electrons. The Bertz CT molecular complexity index is 2090. The summed E-state index contributed by atoms with van der Waals surface area (Å²) in [7, 11) is 0. The summed E-state index contributed by atoms with van der Waals surface area (Å²) in [4.78, 5) is 19.9. The van der Waals surface area contributed by atoms with Gasteiger partial charge in [0.2, 0.25) is 0 Å². The van der Waals surface area contributed by atoms with Crippen molar-refractivity contribution in [1.82, 2.24) is 9.80 Å². The molecule has 1 saturated heterocycles. The largest absolute Gasteiger partial charge is 0.492 e. The van der Waals surface area contributed by atoms with Gasteiger partial charge in [-0.1, -0.05) is 79.2 Å². The summed E-state index contributed by atoms with van der Waals surface area (Å²) in [6.45, 7) is 10.1. The van der Waals surface area contributed by atoms with E-state index >= 15 is 0 Å². The van der Waals surface area contributed by atoms with Crippen molar-refractivity contribution in [3.05, 3.63) is 138 Å². The first-order valence-corrected chi connectivity index (χ1v) is 19.7. The van der Waals surface area contributed by atoms with Crippen molar-refractivity contribution < 1.29 is 19.0 Å². The zero-order chi connectivity index (χ0) is 36.4. The number of hydrogen-bond acceptors (Lipinski definition) is 6. The van der Waals surface area contributed by atoms with Crippen LogP contribution in [0.3, 0.4) is 0 Å². The number of nitrogens with zero attached hydrogens (tertiary/aromatic N) is 2. The number of carbonyl (C=O) groups is 1. The minimum atomic E-state index is 0.0220. The standard InChI is InChI=1S/C46H48N2O4S/c1-3-48(4-2)46(49)44-43-41(37-19-14-20-39(29-37)50-28-27-47-25-12-7-13-26-47)30-40(52-33-35-17-10-6-11-18-35)31-42(43)53-45(44)36-21-23-38(24-22-36)51-32-34-15-8-5-9-16-34/h5-6,8-11,14-24,29-31H,3-4,7,12-13,25-28,32-33H2,1-2H3. The maximum atomic E-state index is 14.6. The maximum absolute atomic E-state index is 14.6. The number of fused-ring (bicyclic) bond motifs is 1. The summed E-state index contributed by atoms with van der Waals surface area (Å²) < 4.78 is 19.9. The first-order valence-electron chi connectivity index (χ1n) is 18.9. The van der Waals surface area contributed by atoms with Gasteiger partial charge in [-0.15, -0.1) is 11.3 Å². The van der Waals surface area contributed by atoms with E-state index in [9.17, 15) is 4.79 Å². The highest BCUT2D eigenvalue weighted by atomic mass is 32.1. The van der Waals surface area contributed by atoms with Crippen LogP contribution in [0.15, 0.2) is 121 Å². The van der Waals surface area contributed by atoms with Crippen molar-refractivity contribution in [3.63, 3.8) is 0 Å². The van der Waals surface area contributed by atoms with E-state index < -0.39 is 0 Å². The fourth-order valence-corrected chi connectivity index (χ4v) is 8.26. The normalized spacial score (nSPS) is 13.2. The van der Waals surface area contributed by atoms with Crippen molar-refractivity contribution >= 4 is 27.3 Å². The highest BCUT2D eigenvalue weighted by Gasteiger charge is 2.27. The predicted molar refractivity (Wildman–Crippen MR) is 217 cm³/mol. The summed E-state index contributed by atoms with van der Waals surface area (Å²) in [5.74, 6) is 2.38. The van der Waals surface area contributed by atoms with Gasteiger partial charge in [0.15, 0.2) is 0 Å². The molecule has 7 heteroatoms. The number of hydrogen-bond donors (Lipinski definition) is 0. The molecular weight excluding hydrogens is 677 g/mol. The van der Waals surface area contributed by atoms with E-state index in [1.807, 2.05) is 79.4 Å². The van der Waals surface area contributed by atoms with Crippen molar-refractivity contribution in [1.29, 1.82) is 0 Å². The second-order valence-electron chi connectivity index (χ2n) is 13.5. The van der Waals surface area contributed by atoms with Crippen LogP contribution >= 0.6 is 11.3 Å². The molecule has 0 radical (unpaired) electrons. The second kappa shape index (κ2) is 17.6. The zero-order valence-electron chi connectivity index (χ0n) is 30.8. The summed E-state index contributed by atoms with van der Waals surface area (Å²) in [6.07, 6.45) is 3.84. The third kappa shape index (κ3) is 8.93. The lowest BCUT2D eigenvalue weighted by Crippen LogP contribution is -2.33. The highest BCUT2D eigenvalue weighted by molar-refractivity contribution is 7.23. The molecule has 1 amide bonds. The molecule has 0 N–H and O–H groups in total. The Morgan fingerprint density at radius 3 is 1.98 bits per heavy atom. The topological polar surface area (TPSA) is 51.2 Å². The number of benzene rings is 5. The number of carbonyl (C=O) groups excluding carboxylic acids is 1. The van der Waals surface area contributed by atoms with Gasteiger partial charge < -0.3 is 19.1 Å². The molecule has 1 aromatic heterocycles. The molecule has 0 aliphatic carbocycles. The van der Waals surface area contributed by atoms with E-state index in [1.54, 1.807) is 11.3 Å². The number of ether oxygens (including phenoxy) is 3. The van der Waals surface area contributed by atoms with Crippen molar-refractivity contribution in [2.45, 2.75) is 46.3 Å². The molecular formula is C46H48N2O4S. The van der Waals surface area contributed by atoms with Crippen LogP contribution in [-0.4, -0.2) is 55.0 Å². The van der Waals surface area contributed by atoms with Crippen molar-refractivity contribution in [2.75, 3.05) is 39.3 Å². The van der Waals surface area contributed by atoms with Gasteiger partial charge in [0.25, 0.3) is 5.91 Å². The van der Waals surface area contributed by atoms with Crippen molar-refractivity contribution in [3.8, 4) is 38.8 Å². The highest BCUT2D eigenvalue weighted by Crippen LogP contribution is 2.46. The molecule has 6 nitrogen and oxygen atoms in total. The average molecular weight is 725 g/mol. The van der Waals surface area contributed by atoms with Crippen LogP contribution in [0.1, 0.15) is 54.6 Å². The SMILES string of the molecule is CCN(CC)C(=O)c1c(-c2ccc(OCc3ccccc3)cc2)sc2cc(OCc3ccccc3)cc(-c3cccc(OCCN4CCCCC4)c3)c12. The number of likely N-dealkylation sites (tertiary alicyclic amines) is 1. The summed E-state index contributed by atoms with van der Waals surface area (Å²) in [5, 5.41) is 0.934. The summed E-state index contributed by atoms with van der Waals surface area (Å²) >= 11 is 1.63. The molecule has 0 bridgehead atoms. The van der Waals surface area contributed by atoms with E-state index in [-0.39, 0.29) is 5.91 Å². The van der Waals surface area contributed by atoms with Gasteiger partial charge in [0, 0.05) is 34.6 Å². The van der Waals surface area contributed by atoms with Crippen LogP contribution in [0.4, 0.5) is 0 Å². The third-order valence-electron chi connectivity index (χ3n) is 9.91. The Hall–Kier alpha value is -5.11. The van der Waals surface area contributed by atoms with Crippen LogP contribution in [0, 0.1) is 0 Å². The number of thiophene rings is 1. The van der Waals surface area contributed by atoms with Crippen LogP contribution in [0.25, 0.3) is 31.7 Å². The van der Waals surface area contributed by atoms with Crippen LogP contribution in [0.2, 0.25) is 0 Å². The fraction of sp³-hybridized carbons (Fsp3) is 0.283. The monoisotopic (exact) mass is 724 g/mol. The molecule has 7 rings (SSSR count). The van der Waals surface area contributed by atoms with Gasteiger partial charge in [-0.25, -0.2) is 0 Å². The van der Waals surface area contributed by atoms with E-state index in [0.717, 1.165) is 79.7 Å². The van der Waals surface area contributed by atoms with E-state index in [4.69, 9.17) is 14.2 Å². The summed E-state index contributed by atoms with van der Waals surface area (Å²) in [6, 6.07) is 40.9. The quantitative estimate of drug-likeness (QED) is 0.106. The number of amides is 1. The Morgan fingerprint density at radius 1 is 0.660 bits per heavy atom. The Balaban J connectivity index is 1.28. The van der Waals surface area contributed by atoms with Gasteiger partial charge in [0.1, 0.15) is 37.1 Å². The molecule has 1 aliphatic heterocycles. The zero-order valence-corrected chi connectivity index (χ0v) is 31.6. The molecule has 0 unspecified atom stereocenters. The van der Waals surface area contributed by atoms with Gasteiger partial charge in [-0.3, -0.25) is 9.69 Å². The lowest BCUT2D eigenvalue weighted by molar-refractivity contribution is 0.0776. The maximum Gasteiger partial charge on any atom is 0.255 e. The van der Waals surface area contributed by atoms with Crippen LogP contribution in [-0.2, 0) is 13.2 Å². The molecule has 5 aromatic carbocycles. The Labute approximate surface area is 317 Å². The molecule has 0 saturated carbocycles. The van der Waals surface area contributed by atoms with E-state index in [2.05, 4.69) is 65.6 Å². The van der Waals surface area contributed by atoms with Crippen LogP contribution in [0.5, 0.6) is 17.2 Å². The minimum absolute atomic E-state index is 0.0220. The first kappa shape index (κ1) is 36.3. The summed E-state index contributed by atoms with van der Waals surface area (Å²) in [5.41, 5.74) is 5.83. The fourth-order valence-electron chi connectivity index (χ4n) is 7.00. The number of rotatable bonds is 15. The lowest BCUT2D eigenvalue weighted by Gasteiger charge is -2.26. The lowest BCUT2D eigenvalue weighted by atomic mass is 9.95. The second-order valence-corrected chi connectivity index (χ2v) is 14.5. The Kier molecular flexibility index (Phi) is 12.0. The predicted octanol–water partition coefficient (Wildman–Crippen LogP) is 10.7. The smallest absolute Gasteiger partial charge is 0.255 e. The van der Waals surface area contributed by atoms with Gasteiger partial charge in [-0.2, -0.15) is 0 Å². The van der Waals surface area contributed by atoms with E-state index in [0.29, 0.717) is 38.5 Å². The van der Waals surface area contributed by atoms with Crippen LogP contribution < -0.4 is 14.2 Å². The van der Waals surface area contributed by atoms with E-state index in [1.165, 1.54) is 19.3 Å². The average Bonchev–Trinajstić information content (AvgIpc) is 3.60. The Morgan fingerprint density at radius 2 is 1.32 bits per heavy atom. The molecule has 53 heavy (non-hydrogen) atoms. The molecule has 0 spiro atoms. The molecule has 0 atom stereocenters. The number of piperidine rings is 1. The first-order chi connectivity index (χ1) is 26.1. The minimum Gasteiger partial charge on any atom is -0.492 e. The molecule has 1 aliphatic rings. The van der Waals surface area contributed by atoms with Gasteiger partial charge >= 0.3 is 0 Å². The van der Waals surface area contributed by atoms with Gasteiger partial charge in [0.05, 0.1) is 5.56 Å². The van der Waals surface area contributed by atoms with Gasteiger partial charge in [-0.05, 0) is 116 Å².